The Morgan fingerprint density at radius 3 is 2.55 bits per heavy atom. The van der Waals surface area contributed by atoms with Crippen LogP contribution >= 0.6 is 0 Å². The molecule has 44 heavy (non-hydrogen) atoms. The van der Waals surface area contributed by atoms with Gasteiger partial charge in [-0.25, -0.2) is 9.97 Å². The number of amides is 1. The molecule has 0 unspecified atom stereocenters. The van der Waals surface area contributed by atoms with E-state index < -0.39 is 0 Å². The number of fused-ring (bicyclic) bond motifs is 1. The SMILES string of the molecule is COc1ccc(Cn2nc(NC(=O)c3ccc(N4CCC(N5CCOCC5)CC4)nc3)cc2-c2nc3ccccc3[nH]2)cc1. The number of anilines is 2. The van der Waals surface area contributed by atoms with E-state index in [9.17, 15) is 4.79 Å². The van der Waals surface area contributed by atoms with Gasteiger partial charge in [0.1, 0.15) is 17.3 Å². The second-order valence-electron chi connectivity index (χ2n) is 11.2. The fourth-order valence-electron chi connectivity index (χ4n) is 6.07. The van der Waals surface area contributed by atoms with E-state index in [1.807, 2.05) is 71.4 Å². The van der Waals surface area contributed by atoms with Crippen LogP contribution in [0, 0.1) is 0 Å². The van der Waals surface area contributed by atoms with E-state index in [2.05, 4.69) is 25.1 Å². The van der Waals surface area contributed by atoms with Crippen molar-refractivity contribution in [3.63, 3.8) is 0 Å². The lowest BCUT2D eigenvalue weighted by molar-refractivity contribution is 0.0115. The quantitative estimate of drug-likeness (QED) is 0.272. The maximum absolute atomic E-state index is 13.3. The zero-order chi connectivity index (χ0) is 29.9. The number of carbonyl (C=O) groups excluding carboxylic acids is 1. The lowest BCUT2D eigenvalue weighted by atomic mass is 10.0. The molecule has 2 fully saturated rings. The first-order chi connectivity index (χ1) is 21.6. The number of piperidine rings is 1. The first-order valence-electron chi connectivity index (χ1n) is 15.1. The zero-order valence-corrected chi connectivity index (χ0v) is 24.8. The number of nitrogens with zero attached hydrogens (tertiary/aromatic N) is 6. The van der Waals surface area contributed by atoms with Crippen LogP contribution in [0.15, 0.2) is 72.9 Å². The second kappa shape index (κ2) is 12.5. The number of pyridine rings is 1. The van der Waals surface area contributed by atoms with Crippen molar-refractivity contribution in [3.8, 4) is 17.3 Å². The Bertz CT molecular complexity index is 1680. The van der Waals surface area contributed by atoms with Crippen molar-refractivity contribution in [2.45, 2.75) is 25.4 Å². The molecule has 2 aliphatic heterocycles. The van der Waals surface area contributed by atoms with Gasteiger partial charge in [0.05, 0.1) is 43.5 Å². The van der Waals surface area contributed by atoms with Gasteiger partial charge in [-0.3, -0.25) is 14.4 Å². The van der Waals surface area contributed by atoms with Crippen LogP contribution in [0.25, 0.3) is 22.6 Å². The number of hydrogen-bond acceptors (Lipinski definition) is 8. The summed E-state index contributed by atoms with van der Waals surface area (Å²) in [5.41, 5.74) is 4.08. The van der Waals surface area contributed by atoms with Crippen LogP contribution in [-0.4, -0.2) is 88.1 Å². The number of hydrogen-bond donors (Lipinski definition) is 2. The number of ether oxygens (including phenoxy) is 2. The van der Waals surface area contributed by atoms with Crippen molar-refractivity contribution in [1.82, 2.24) is 29.6 Å². The molecule has 11 heteroatoms. The molecule has 0 spiro atoms. The molecule has 0 bridgehead atoms. The van der Waals surface area contributed by atoms with Crippen LogP contribution in [0.3, 0.4) is 0 Å². The number of methoxy groups -OCH3 is 1. The number of H-pyrrole nitrogens is 1. The molecule has 7 rings (SSSR count). The molecule has 2 aromatic carbocycles. The van der Waals surface area contributed by atoms with Crippen LogP contribution in [0.4, 0.5) is 11.6 Å². The number of aromatic nitrogens is 5. The van der Waals surface area contributed by atoms with Crippen LogP contribution in [-0.2, 0) is 11.3 Å². The molecule has 5 aromatic rings. The molecule has 3 aromatic heterocycles. The summed E-state index contributed by atoms with van der Waals surface area (Å²) >= 11 is 0. The molecule has 226 valence electrons. The molecule has 0 radical (unpaired) electrons. The molecule has 2 aliphatic rings. The normalized spacial score (nSPS) is 16.3. The smallest absolute Gasteiger partial charge is 0.258 e. The highest BCUT2D eigenvalue weighted by molar-refractivity contribution is 6.03. The Morgan fingerprint density at radius 2 is 1.82 bits per heavy atom. The summed E-state index contributed by atoms with van der Waals surface area (Å²) in [6.07, 6.45) is 3.86. The van der Waals surface area contributed by atoms with Crippen molar-refractivity contribution < 1.29 is 14.3 Å². The van der Waals surface area contributed by atoms with Gasteiger partial charge in [0.15, 0.2) is 11.6 Å². The Kier molecular flexibility index (Phi) is 7.95. The molecule has 0 aliphatic carbocycles. The molecule has 0 saturated carbocycles. The molecule has 0 atom stereocenters. The number of morpholine rings is 1. The summed E-state index contributed by atoms with van der Waals surface area (Å²) in [6, 6.07) is 21.9. The van der Waals surface area contributed by atoms with E-state index in [-0.39, 0.29) is 5.91 Å². The largest absolute Gasteiger partial charge is 0.497 e. The van der Waals surface area contributed by atoms with Crippen LogP contribution in [0.2, 0.25) is 0 Å². The van der Waals surface area contributed by atoms with Crippen molar-refractivity contribution in [2.75, 3.05) is 56.7 Å². The summed E-state index contributed by atoms with van der Waals surface area (Å²) < 4.78 is 12.7. The summed E-state index contributed by atoms with van der Waals surface area (Å²) in [4.78, 5) is 30.9. The lowest BCUT2D eigenvalue weighted by Crippen LogP contribution is -2.49. The second-order valence-corrected chi connectivity index (χ2v) is 11.2. The highest BCUT2D eigenvalue weighted by Crippen LogP contribution is 2.26. The van der Waals surface area contributed by atoms with Gasteiger partial charge in [0.25, 0.3) is 5.91 Å². The predicted octanol–water partition coefficient (Wildman–Crippen LogP) is 4.43. The van der Waals surface area contributed by atoms with Crippen molar-refractivity contribution in [2.24, 2.45) is 0 Å². The highest BCUT2D eigenvalue weighted by Gasteiger charge is 2.26. The fraction of sp³-hybridized carbons (Fsp3) is 0.333. The predicted molar refractivity (Wildman–Crippen MR) is 169 cm³/mol. The van der Waals surface area contributed by atoms with E-state index in [0.717, 1.165) is 86.1 Å². The first-order valence-corrected chi connectivity index (χ1v) is 15.1. The minimum absolute atomic E-state index is 0.264. The van der Waals surface area contributed by atoms with Gasteiger partial charge in [0, 0.05) is 44.5 Å². The monoisotopic (exact) mass is 592 g/mol. The van der Waals surface area contributed by atoms with Gasteiger partial charge in [-0.15, -0.1) is 0 Å². The molecule has 1 amide bonds. The number of imidazole rings is 1. The lowest BCUT2D eigenvalue weighted by Gasteiger charge is -2.40. The number of para-hydroxylation sites is 2. The van der Waals surface area contributed by atoms with Gasteiger partial charge < -0.3 is 24.7 Å². The van der Waals surface area contributed by atoms with Gasteiger partial charge in [-0.2, -0.15) is 5.10 Å². The van der Waals surface area contributed by atoms with E-state index in [1.54, 1.807) is 13.3 Å². The average Bonchev–Trinajstić information content (AvgIpc) is 3.69. The maximum Gasteiger partial charge on any atom is 0.258 e. The number of nitrogens with one attached hydrogen (secondary N) is 2. The minimum Gasteiger partial charge on any atom is -0.497 e. The van der Waals surface area contributed by atoms with Crippen LogP contribution < -0.4 is 15.0 Å². The van der Waals surface area contributed by atoms with Crippen LogP contribution in [0.1, 0.15) is 28.8 Å². The minimum atomic E-state index is -0.264. The number of carbonyl (C=O) groups is 1. The summed E-state index contributed by atoms with van der Waals surface area (Å²) in [5, 5.41) is 7.72. The topological polar surface area (TPSA) is 113 Å². The van der Waals surface area contributed by atoms with Crippen molar-refractivity contribution in [3.05, 3.63) is 84.1 Å². The summed E-state index contributed by atoms with van der Waals surface area (Å²) in [7, 11) is 1.65. The fourth-order valence-corrected chi connectivity index (χ4v) is 6.07. The summed E-state index contributed by atoms with van der Waals surface area (Å²) in [6.45, 7) is 6.10. The standard InChI is InChI=1S/C33H36N8O3/c1-43-26-9-6-23(7-10-26)22-41-29(32-35-27-4-2-3-5-28(27)36-32)20-30(38-41)37-33(42)24-8-11-31(34-21-24)40-14-12-25(13-15-40)39-16-18-44-19-17-39/h2-11,20-21,25H,12-19,22H2,1H3,(H,35,36)(H,37,38,42). The zero-order valence-electron chi connectivity index (χ0n) is 24.8. The Labute approximate surface area is 255 Å². The molecular weight excluding hydrogens is 556 g/mol. The Morgan fingerprint density at radius 1 is 1.02 bits per heavy atom. The molecule has 11 nitrogen and oxygen atoms in total. The third-order valence-corrected chi connectivity index (χ3v) is 8.51. The molecule has 5 heterocycles. The highest BCUT2D eigenvalue weighted by atomic mass is 16.5. The Balaban J connectivity index is 1.06. The van der Waals surface area contributed by atoms with Gasteiger partial charge in [-0.1, -0.05) is 24.3 Å². The third-order valence-electron chi connectivity index (χ3n) is 8.51. The number of aromatic amines is 1. The molecule has 2 saturated heterocycles. The third kappa shape index (κ3) is 6.01. The molecule has 2 N–H and O–H groups in total. The van der Waals surface area contributed by atoms with E-state index in [4.69, 9.17) is 19.6 Å². The van der Waals surface area contributed by atoms with Gasteiger partial charge in [-0.05, 0) is 54.8 Å². The van der Waals surface area contributed by atoms with Crippen LogP contribution in [0.5, 0.6) is 5.75 Å². The number of rotatable bonds is 8. The van der Waals surface area contributed by atoms with E-state index in [1.165, 1.54) is 0 Å². The maximum atomic E-state index is 13.3. The van der Waals surface area contributed by atoms with Crippen molar-refractivity contribution in [1.29, 1.82) is 0 Å². The van der Waals surface area contributed by atoms with Gasteiger partial charge >= 0.3 is 0 Å². The number of benzene rings is 2. The Hall–Kier alpha value is -4.74. The molecular formula is C33H36N8O3. The summed E-state index contributed by atoms with van der Waals surface area (Å²) in [5.74, 6) is 2.54. The van der Waals surface area contributed by atoms with Gasteiger partial charge in [0.2, 0.25) is 0 Å². The first kappa shape index (κ1) is 28.1. The van der Waals surface area contributed by atoms with E-state index >= 15 is 0 Å². The average molecular weight is 593 g/mol. The van der Waals surface area contributed by atoms with E-state index in [0.29, 0.717) is 29.8 Å². The van der Waals surface area contributed by atoms with Crippen molar-refractivity contribution >= 4 is 28.6 Å².